The van der Waals surface area contributed by atoms with Crippen LogP contribution < -0.4 is 10.2 Å². The Kier molecular flexibility index (Phi) is 4.55. The van der Waals surface area contributed by atoms with Crippen LogP contribution in [0.1, 0.15) is 29.5 Å². The van der Waals surface area contributed by atoms with Crippen molar-refractivity contribution in [3.8, 4) is 0 Å². The fourth-order valence-corrected chi connectivity index (χ4v) is 3.61. The summed E-state index contributed by atoms with van der Waals surface area (Å²) in [5, 5.41) is 3.02. The zero-order valence-electron chi connectivity index (χ0n) is 14.4. The largest absolute Gasteiger partial charge is 0.357 e. The van der Waals surface area contributed by atoms with Crippen molar-refractivity contribution in [3.05, 3.63) is 59.3 Å². The van der Waals surface area contributed by atoms with Crippen molar-refractivity contribution < 1.29 is 4.79 Å². The van der Waals surface area contributed by atoms with Crippen LogP contribution in [-0.4, -0.2) is 35.5 Å². The van der Waals surface area contributed by atoms with Gasteiger partial charge >= 0.3 is 6.03 Å². The molecule has 0 spiro atoms. The van der Waals surface area contributed by atoms with Crippen LogP contribution >= 0.6 is 0 Å². The fourth-order valence-electron chi connectivity index (χ4n) is 3.61. The molecule has 0 aliphatic carbocycles. The lowest BCUT2D eigenvalue weighted by molar-refractivity contribution is 0.192. The Morgan fingerprint density at radius 3 is 2.60 bits per heavy atom. The fraction of sp³-hybridized carbons (Fsp3) is 0.400. The van der Waals surface area contributed by atoms with E-state index in [1.165, 1.54) is 24.0 Å². The van der Waals surface area contributed by atoms with E-state index in [2.05, 4.69) is 45.5 Å². The minimum Gasteiger partial charge on any atom is -0.357 e. The van der Waals surface area contributed by atoms with Gasteiger partial charge in [-0.05, 0) is 42.0 Å². The molecule has 25 heavy (non-hydrogen) atoms. The monoisotopic (exact) mass is 336 g/mol. The molecule has 1 N–H and O–H groups in total. The lowest BCUT2D eigenvalue weighted by Gasteiger charge is -2.29. The normalized spacial score (nSPS) is 16.6. The molecule has 1 fully saturated rings. The molecule has 0 unspecified atom stereocenters. The maximum atomic E-state index is 12.4. The van der Waals surface area contributed by atoms with Crippen molar-refractivity contribution in [2.45, 2.75) is 32.4 Å². The number of rotatable bonds is 3. The lowest BCUT2D eigenvalue weighted by atomic mass is 10.0. The van der Waals surface area contributed by atoms with Crippen LogP contribution in [-0.2, 0) is 19.5 Å². The highest BCUT2D eigenvalue weighted by Crippen LogP contribution is 2.19. The van der Waals surface area contributed by atoms with Crippen molar-refractivity contribution in [2.75, 3.05) is 24.5 Å². The summed E-state index contributed by atoms with van der Waals surface area (Å²) in [6.45, 7) is 4.17. The maximum Gasteiger partial charge on any atom is 0.317 e. The van der Waals surface area contributed by atoms with Gasteiger partial charge in [0, 0.05) is 38.9 Å². The molecule has 3 heterocycles. The Morgan fingerprint density at radius 2 is 1.84 bits per heavy atom. The predicted octanol–water partition coefficient (Wildman–Crippen LogP) is 2.95. The molecule has 0 radical (unpaired) electrons. The van der Waals surface area contributed by atoms with Crippen molar-refractivity contribution >= 4 is 11.8 Å². The molecule has 2 aliphatic heterocycles. The standard InChI is InChI=1S/C20H24N4O/c25-20(24-12-9-17-5-1-2-6-18(17)15-24)22-14-16-7-8-19(21-13-16)23-10-3-4-11-23/h1-2,5-8,13H,3-4,9-12,14-15H2,(H,22,25). The summed E-state index contributed by atoms with van der Waals surface area (Å²) < 4.78 is 0. The number of urea groups is 1. The minimum absolute atomic E-state index is 0.00174. The molecule has 2 aliphatic rings. The molecule has 0 bridgehead atoms. The third kappa shape index (κ3) is 3.60. The molecule has 2 amide bonds. The van der Waals surface area contributed by atoms with Crippen LogP contribution in [0.3, 0.4) is 0 Å². The van der Waals surface area contributed by atoms with Crippen LogP contribution in [0, 0.1) is 0 Å². The van der Waals surface area contributed by atoms with E-state index in [1.54, 1.807) is 0 Å². The molecule has 0 atom stereocenters. The number of carbonyl (C=O) groups excluding carboxylic acids is 1. The number of pyridine rings is 1. The highest BCUT2D eigenvalue weighted by molar-refractivity contribution is 5.74. The van der Waals surface area contributed by atoms with Gasteiger partial charge in [-0.25, -0.2) is 9.78 Å². The highest BCUT2D eigenvalue weighted by atomic mass is 16.2. The molecule has 1 aromatic heterocycles. The molecule has 130 valence electrons. The number of hydrogen-bond donors (Lipinski definition) is 1. The number of fused-ring (bicyclic) bond motifs is 1. The Labute approximate surface area is 148 Å². The highest BCUT2D eigenvalue weighted by Gasteiger charge is 2.20. The van der Waals surface area contributed by atoms with Gasteiger partial charge in [0.2, 0.25) is 0 Å². The summed E-state index contributed by atoms with van der Waals surface area (Å²) in [6, 6.07) is 12.5. The van der Waals surface area contributed by atoms with E-state index in [1.807, 2.05) is 17.2 Å². The maximum absolute atomic E-state index is 12.4. The summed E-state index contributed by atoms with van der Waals surface area (Å²) in [4.78, 5) is 21.2. The molecule has 1 aromatic carbocycles. The molecule has 4 rings (SSSR count). The first-order valence-electron chi connectivity index (χ1n) is 9.09. The number of nitrogens with one attached hydrogen (secondary N) is 1. The average Bonchev–Trinajstić information content (AvgIpc) is 3.21. The summed E-state index contributed by atoms with van der Waals surface area (Å²) in [5.41, 5.74) is 3.64. The Balaban J connectivity index is 1.31. The van der Waals surface area contributed by atoms with Gasteiger partial charge in [0.1, 0.15) is 5.82 Å². The molecular weight excluding hydrogens is 312 g/mol. The van der Waals surface area contributed by atoms with Crippen LogP contribution in [0.25, 0.3) is 0 Å². The van der Waals surface area contributed by atoms with Gasteiger partial charge in [0.05, 0.1) is 0 Å². The first kappa shape index (κ1) is 15.9. The topological polar surface area (TPSA) is 48.5 Å². The number of nitrogens with zero attached hydrogens (tertiary/aromatic N) is 3. The van der Waals surface area contributed by atoms with E-state index >= 15 is 0 Å². The van der Waals surface area contributed by atoms with Gasteiger partial charge in [-0.3, -0.25) is 0 Å². The number of benzene rings is 1. The minimum atomic E-state index is -0.00174. The van der Waals surface area contributed by atoms with Crippen molar-refractivity contribution in [2.24, 2.45) is 0 Å². The van der Waals surface area contributed by atoms with E-state index < -0.39 is 0 Å². The number of anilines is 1. The predicted molar refractivity (Wildman–Crippen MR) is 98.5 cm³/mol. The molecule has 2 aromatic rings. The Bertz CT molecular complexity index is 738. The smallest absolute Gasteiger partial charge is 0.317 e. The van der Waals surface area contributed by atoms with Gasteiger partial charge in [-0.1, -0.05) is 30.3 Å². The zero-order chi connectivity index (χ0) is 17.1. The molecule has 0 saturated carbocycles. The second-order valence-corrected chi connectivity index (χ2v) is 6.82. The van der Waals surface area contributed by atoms with Gasteiger partial charge in [0.15, 0.2) is 0 Å². The van der Waals surface area contributed by atoms with E-state index in [-0.39, 0.29) is 6.03 Å². The third-order valence-electron chi connectivity index (χ3n) is 5.10. The van der Waals surface area contributed by atoms with E-state index in [9.17, 15) is 4.79 Å². The van der Waals surface area contributed by atoms with Crippen molar-refractivity contribution in [1.82, 2.24) is 15.2 Å². The van der Waals surface area contributed by atoms with Crippen LogP contribution in [0.2, 0.25) is 0 Å². The summed E-state index contributed by atoms with van der Waals surface area (Å²) >= 11 is 0. The number of carbonyl (C=O) groups is 1. The summed E-state index contributed by atoms with van der Waals surface area (Å²) in [6.07, 6.45) is 5.30. The Hall–Kier alpha value is -2.56. The Morgan fingerprint density at radius 1 is 1.04 bits per heavy atom. The van der Waals surface area contributed by atoms with Crippen LogP contribution in [0.15, 0.2) is 42.6 Å². The average molecular weight is 336 g/mol. The summed E-state index contributed by atoms with van der Waals surface area (Å²) in [5.74, 6) is 1.04. The second-order valence-electron chi connectivity index (χ2n) is 6.82. The van der Waals surface area contributed by atoms with Crippen molar-refractivity contribution in [3.63, 3.8) is 0 Å². The van der Waals surface area contributed by atoms with Crippen molar-refractivity contribution in [1.29, 1.82) is 0 Å². The lowest BCUT2D eigenvalue weighted by Crippen LogP contribution is -2.42. The number of hydrogen-bond acceptors (Lipinski definition) is 3. The zero-order valence-corrected chi connectivity index (χ0v) is 14.4. The molecule has 5 nitrogen and oxygen atoms in total. The van der Waals surface area contributed by atoms with E-state index in [4.69, 9.17) is 0 Å². The quantitative estimate of drug-likeness (QED) is 0.937. The SMILES string of the molecule is O=C(NCc1ccc(N2CCCC2)nc1)N1CCc2ccccc2C1. The second kappa shape index (κ2) is 7.13. The molecular formula is C20H24N4O. The first-order chi connectivity index (χ1) is 12.3. The molecule has 5 heteroatoms. The van der Waals surface area contributed by atoms with E-state index in [0.29, 0.717) is 13.1 Å². The van der Waals surface area contributed by atoms with Gasteiger partial charge < -0.3 is 15.1 Å². The third-order valence-corrected chi connectivity index (χ3v) is 5.10. The van der Waals surface area contributed by atoms with Gasteiger partial charge in [-0.15, -0.1) is 0 Å². The summed E-state index contributed by atoms with van der Waals surface area (Å²) in [7, 11) is 0. The number of aromatic nitrogens is 1. The molecule has 1 saturated heterocycles. The first-order valence-corrected chi connectivity index (χ1v) is 9.09. The van der Waals surface area contributed by atoms with Crippen LogP contribution in [0.5, 0.6) is 0 Å². The van der Waals surface area contributed by atoms with Crippen LogP contribution in [0.4, 0.5) is 10.6 Å². The number of amides is 2. The van der Waals surface area contributed by atoms with Gasteiger partial charge in [-0.2, -0.15) is 0 Å². The van der Waals surface area contributed by atoms with Gasteiger partial charge in [0.25, 0.3) is 0 Å². The van der Waals surface area contributed by atoms with E-state index in [0.717, 1.165) is 37.4 Å².